The van der Waals surface area contributed by atoms with Gasteiger partial charge in [0.1, 0.15) is 10.8 Å². The first-order chi connectivity index (χ1) is 11.6. The number of rotatable bonds is 2. The molecule has 1 aliphatic rings. The van der Waals surface area contributed by atoms with E-state index in [-0.39, 0.29) is 11.7 Å². The van der Waals surface area contributed by atoms with Crippen molar-refractivity contribution in [1.82, 2.24) is 24.7 Å². The molecule has 1 fully saturated rings. The van der Waals surface area contributed by atoms with E-state index >= 15 is 0 Å². The molecule has 0 saturated carbocycles. The van der Waals surface area contributed by atoms with Crippen LogP contribution in [0.15, 0.2) is 24.3 Å². The molecule has 1 aromatic carbocycles. The SMILES string of the molecule is Cc1nnc2sc(C3CCN(C(=O)c4cccc(F)c4)CC3)nn12. The Morgan fingerprint density at radius 2 is 2.08 bits per heavy atom. The second kappa shape index (κ2) is 5.94. The lowest BCUT2D eigenvalue weighted by atomic mass is 9.97. The zero-order valence-corrected chi connectivity index (χ0v) is 14.0. The molecule has 0 unspecified atom stereocenters. The number of fused-ring (bicyclic) bond motifs is 1. The summed E-state index contributed by atoms with van der Waals surface area (Å²) in [6.07, 6.45) is 1.70. The van der Waals surface area contributed by atoms with Crippen LogP contribution in [0.1, 0.15) is 39.9 Å². The fourth-order valence-corrected chi connectivity index (χ4v) is 4.08. The molecule has 8 heteroatoms. The lowest BCUT2D eigenvalue weighted by molar-refractivity contribution is 0.0712. The van der Waals surface area contributed by atoms with E-state index in [4.69, 9.17) is 0 Å². The molecule has 1 aliphatic heterocycles. The van der Waals surface area contributed by atoms with E-state index in [0.29, 0.717) is 24.6 Å². The normalized spacial score (nSPS) is 16.0. The number of likely N-dealkylation sites (tertiary alicyclic amines) is 1. The fourth-order valence-electron chi connectivity index (χ4n) is 3.03. The summed E-state index contributed by atoms with van der Waals surface area (Å²) in [4.78, 5) is 15.1. The van der Waals surface area contributed by atoms with Crippen LogP contribution < -0.4 is 0 Å². The third-order valence-corrected chi connectivity index (χ3v) is 5.43. The predicted octanol–water partition coefficient (Wildman–Crippen LogP) is 2.65. The van der Waals surface area contributed by atoms with Crippen molar-refractivity contribution in [2.45, 2.75) is 25.7 Å². The average Bonchev–Trinajstić information content (AvgIpc) is 3.17. The first kappa shape index (κ1) is 15.2. The molecule has 124 valence electrons. The van der Waals surface area contributed by atoms with Gasteiger partial charge in [0, 0.05) is 24.6 Å². The highest BCUT2D eigenvalue weighted by atomic mass is 32.1. The van der Waals surface area contributed by atoms with Gasteiger partial charge < -0.3 is 4.90 Å². The Bertz CT molecular complexity index is 897. The standard InChI is InChI=1S/C16H16FN5OS/c1-10-18-19-16-22(10)20-14(24-16)11-5-7-21(8-6-11)15(23)12-3-2-4-13(17)9-12/h2-4,9,11H,5-8H2,1H3. The number of hydrogen-bond acceptors (Lipinski definition) is 5. The molecule has 24 heavy (non-hydrogen) atoms. The Morgan fingerprint density at radius 3 is 2.79 bits per heavy atom. The second-order valence-corrected chi connectivity index (χ2v) is 6.95. The van der Waals surface area contributed by atoms with E-state index in [9.17, 15) is 9.18 Å². The van der Waals surface area contributed by atoms with Crippen LogP contribution in [0.25, 0.3) is 4.96 Å². The third kappa shape index (κ3) is 2.66. The van der Waals surface area contributed by atoms with Crippen LogP contribution >= 0.6 is 11.3 Å². The number of nitrogens with zero attached hydrogens (tertiary/aromatic N) is 5. The predicted molar refractivity (Wildman–Crippen MR) is 87.7 cm³/mol. The van der Waals surface area contributed by atoms with Crippen molar-refractivity contribution in [3.63, 3.8) is 0 Å². The van der Waals surface area contributed by atoms with Crippen molar-refractivity contribution >= 4 is 22.2 Å². The second-order valence-electron chi connectivity index (χ2n) is 5.96. The summed E-state index contributed by atoms with van der Waals surface area (Å²) in [6, 6.07) is 5.86. The van der Waals surface area contributed by atoms with Crippen molar-refractivity contribution in [1.29, 1.82) is 0 Å². The molecule has 1 saturated heterocycles. The number of carbonyl (C=O) groups excluding carboxylic acids is 1. The van der Waals surface area contributed by atoms with Crippen molar-refractivity contribution in [3.05, 3.63) is 46.5 Å². The zero-order chi connectivity index (χ0) is 16.7. The molecule has 0 spiro atoms. The molecule has 0 radical (unpaired) electrons. The molecule has 2 aromatic heterocycles. The van der Waals surface area contributed by atoms with E-state index in [0.717, 1.165) is 28.6 Å². The number of aryl methyl sites for hydroxylation is 1. The van der Waals surface area contributed by atoms with Crippen molar-refractivity contribution < 1.29 is 9.18 Å². The molecule has 4 rings (SSSR count). The highest BCUT2D eigenvalue weighted by Crippen LogP contribution is 2.31. The van der Waals surface area contributed by atoms with Crippen LogP contribution in [-0.2, 0) is 0 Å². The van der Waals surface area contributed by atoms with Gasteiger partial charge in [-0.15, -0.1) is 10.2 Å². The first-order valence-electron chi connectivity index (χ1n) is 7.85. The highest BCUT2D eigenvalue weighted by molar-refractivity contribution is 7.16. The van der Waals surface area contributed by atoms with Crippen LogP contribution in [0.4, 0.5) is 4.39 Å². The van der Waals surface area contributed by atoms with Gasteiger partial charge >= 0.3 is 0 Å². The molecule has 1 amide bonds. The molecule has 6 nitrogen and oxygen atoms in total. The lowest BCUT2D eigenvalue weighted by Crippen LogP contribution is -2.38. The topological polar surface area (TPSA) is 63.4 Å². The summed E-state index contributed by atoms with van der Waals surface area (Å²) in [7, 11) is 0. The van der Waals surface area contributed by atoms with Crippen LogP contribution in [0, 0.1) is 12.7 Å². The van der Waals surface area contributed by atoms with Crippen LogP contribution in [0.2, 0.25) is 0 Å². The number of benzene rings is 1. The Kier molecular flexibility index (Phi) is 3.76. The van der Waals surface area contributed by atoms with Crippen LogP contribution in [-0.4, -0.2) is 43.7 Å². The van der Waals surface area contributed by atoms with Gasteiger partial charge in [-0.3, -0.25) is 4.79 Å². The molecule has 0 N–H and O–H groups in total. The third-order valence-electron chi connectivity index (χ3n) is 4.37. The quantitative estimate of drug-likeness (QED) is 0.716. The maximum atomic E-state index is 13.3. The molecule has 3 aromatic rings. The van der Waals surface area contributed by atoms with Gasteiger partial charge in [0.05, 0.1) is 0 Å². The monoisotopic (exact) mass is 345 g/mol. The van der Waals surface area contributed by atoms with Gasteiger partial charge in [-0.2, -0.15) is 9.61 Å². The average molecular weight is 345 g/mol. The Morgan fingerprint density at radius 1 is 1.29 bits per heavy atom. The number of piperidine rings is 1. The fraction of sp³-hybridized carbons (Fsp3) is 0.375. The van der Waals surface area contributed by atoms with Gasteiger partial charge in [0.25, 0.3) is 5.91 Å². The summed E-state index contributed by atoms with van der Waals surface area (Å²) >= 11 is 1.56. The van der Waals surface area contributed by atoms with E-state index in [1.807, 2.05) is 6.92 Å². The number of aromatic nitrogens is 4. The van der Waals surface area contributed by atoms with Crippen LogP contribution in [0.5, 0.6) is 0 Å². The summed E-state index contributed by atoms with van der Waals surface area (Å²) in [5.41, 5.74) is 0.405. The van der Waals surface area contributed by atoms with E-state index in [1.54, 1.807) is 32.9 Å². The molecular weight excluding hydrogens is 329 g/mol. The first-order valence-corrected chi connectivity index (χ1v) is 8.67. The molecule has 3 heterocycles. The van der Waals surface area contributed by atoms with Crippen molar-refractivity contribution in [2.24, 2.45) is 0 Å². The lowest BCUT2D eigenvalue weighted by Gasteiger charge is -2.31. The zero-order valence-electron chi connectivity index (χ0n) is 13.1. The van der Waals surface area contributed by atoms with Gasteiger partial charge in [0.15, 0.2) is 5.82 Å². The number of hydrogen-bond donors (Lipinski definition) is 0. The Hall–Kier alpha value is -2.35. The summed E-state index contributed by atoms with van der Waals surface area (Å²) in [6.45, 7) is 3.18. The van der Waals surface area contributed by atoms with Gasteiger partial charge in [0.2, 0.25) is 4.96 Å². The summed E-state index contributed by atoms with van der Waals surface area (Å²) < 4.78 is 15.1. The minimum absolute atomic E-state index is 0.109. The number of carbonyl (C=O) groups is 1. The largest absolute Gasteiger partial charge is 0.339 e. The summed E-state index contributed by atoms with van der Waals surface area (Å²) in [5.74, 6) is 0.617. The smallest absolute Gasteiger partial charge is 0.253 e. The number of amides is 1. The summed E-state index contributed by atoms with van der Waals surface area (Å²) in [5, 5.41) is 13.7. The van der Waals surface area contributed by atoms with Gasteiger partial charge in [-0.05, 0) is 38.0 Å². The van der Waals surface area contributed by atoms with Crippen molar-refractivity contribution in [2.75, 3.05) is 13.1 Å². The molecule has 0 aliphatic carbocycles. The Labute approximate surface area is 141 Å². The highest BCUT2D eigenvalue weighted by Gasteiger charge is 2.27. The number of halogens is 1. The minimum Gasteiger partial charge on any atom is -0.339 e. The van der Waals surface area contributed by atoms with Crippen molar-refractivity contribution in [3.8, 4) is 0 Å². The minimum atomic E-state index is -0.383. The molecular formula is C16H16FN5OS. The maximum Gasteiger partial charge on any atom is 0.253 e. The molecule has 0 bridgehead atoms. The maximum absolute atomic E-state index is 13.3. The molecule has 0 atom stereocenters. The van der Waals surface area contributed by atoms with E-state index < -0.39 is 0 Å². The van der Waals surface area contributed by atoms with Gasteiger partial charge in [-0.1, -0.05) is 17.4 Å². The van der Waals surface area contributed by atoms with Gasteiger partial charge in [-0.25, -0.2) is 4.39 Å². The van der Waals surface area contributed by atoms with E-state index in [1.165, 1.54) is 12.1 Å². The van der Waals surface area contributed by atoms with Crippen LogP contribution in [0.3, 0.4) is 0 Å². The Balaban J connectivity index is 1.45. The van der Waals surface area contributed by atoms with E-state index in [2.05, 4.69) is 15.3 Å².